The molecule has 0 bridgehead atoms. The second kappa shape index (κ2) is 7.85. The molecule has 0 amide bonds. The predicted octanol–water partition coefficient (Wildman–Crippen LogP) is 4.20. The molecule has 0 N–H and O–H groups in total. The summed E-state index contributed by atoms with van der Waals surface area (Å²) in [5.74, 6) is 0. The first-order valence-corrected chi connectivity index (χ1v) is 8.91. The van der Waals surface area contributed by atoms with Gasteiger partial charge in [0.25, 0.3) is 0 Å². The van der Waals surface area contributed by atoms with E-state index in [0.717, 1.165) is 21.6 Å². The maximum absolute atomic E-state index is 4.65. The summed E-state index contributed by atoms with van der Waals surface area (Å²) >= 11 is 1.58. The van der Waals surface area contributed by atoms with E-state index in [4.69, 9.17) is 0 Å². The van der Waals surface area contributed by atoms with E-state index in [2.05, 4.69) is 59.1 Å². The van der Waals surface area contributed by atoms with Crippen LogP contribution < -0.4 is 4.80 Å². The Hall–Kier alpha value is -2.79. The van der Waals surface area contributed by atoms with Crippen molar-refractivity contribution in [1.82, 2.24) is 9.66 Å². The molecule has 0 saturated carbocycles. The highest BCUT2D eigenvalue weighted by Crippen LogP contribution is 2.23. The van der Waals surface area contributed by atoms with Crippen molar-refractivity contribution < 1.29 is 0 Å². The summed E-state index contributed by atoms with van der Waals surface area (Å²) in [7, 11) is 0. The zero-order valence-electron chi connectivity index (χ0n) is 14.4. The maximum Gasteiger partial charge on any atom is 0.206 e. The molecule has 4 nitrogen and oxygen atoms in total. The van der Waals surface area contributed by atoms with E-state index in [-0.39, 0.29) is 0 Å². The predicted molar refractivity (Wildman–Crippen MR) is 105 cm³/mol. The minimum atomic E-state index is 0.565. The quantitative estimate of drug-likeness (QED) is 0.503. The molecule has 5 heteroatoms. The minimum Gasteiger partial charge on any atom is -0.264 e. The average molecular weight is 348 g/mol. The van der Waals surface area contributed by atoms with Crippen LogP contribution in [-0.4, -0.2) is 22.4 Å². The van der Waals surface area contributed by atoms with Gasteiger partial charge in [-0.15, -0.1) is 17.9 Å². The Balaban J connectivity index is 2.09. The smallest absolute Gasteiger partial charge is 0.206 e. The zero-order valence-corrected chi connectivity index (χ0v) is 15.2. The van der Waals surface area contributed by atoms with Gasteiger partial charge >= 0.3 is 0 Å². The van der Waals surface area contributed by atoms with E-state index in [1.165, 1.54) is 11.1 Å². The molecule has 0 spiro atoms. The molecule has 0 aliphatic carbocycles. The van der Waals surface area contributed by atoms with Crippen LogP contribution >= 0.6 is 11.3 Å². The molecule has 3 rings (SSSR count). The lowest BCUT2D eigenvalue weighted by Gasteiger charge is -2.06. The molecule has 0 aliphatic heterocycles. The zero-order chi connectivity index (χ0) is 17.6. The van der Waals surface area contributed by atoms with Crippen LogP contribution in [-0.2, 0) is 0 Å². The molecule has 0 unspecified atom stereocenters. The first kappa shape index (κ1) is 17.0. The number of pyridine rings is 1. The molecule has 2 aromatic heterocycles. The van der Waals surface area contributed by atoms with Crippen LogP contribution in [0.2, 0.25) is 0 Å². The second-order valence-corrected chi connectivity index (χ2v) is 6.51. The molecular formula is C20H20N4S. The molecule has 0 saturated heterocycles. The van der Waals surface area contributed by atoms with Crippen molar-refractivity contribution >= 4 is 17.6 Å². The van der Waals surface area contributed by atoms with Crippen LogP contribution in [0, 0.1) is 13.8 Å². The van der Waals surface area contributed by atoms with Crippen molar-refractivity contribution in [3.05, 3.63) is 82.3 Å². The van der Waals surface area contributed by atoms with Gasteiger partial charge in [-0.2, -0.15) is 5.10 Å². The van der Waals surface area contributed by atoms with Crippen molar-refractivity contribution in [2.45, 2.75) is 13.8 Å². The van der Waals surface area contributed by atoms with Crippen LogP contribution in [0.5, 0.6) is 0 Å². The van der Waals surface area contributed by atoms with Gasteiger partial charge in [0.05, 0.1) is 18.5 Å². The number of hydrogen-bond donors (Lipinski definition) is 0. The van der Waals surface area contributed by atoms with Crippen molar-refractivity contribution in [2.75, 3.05) is 6.54 Å². The van der Waals surface area contributed by atoms with Gasteiger partial charge in [-0.1, -0.05) is 24.3 Å². The van der Waals surface area contributed by atoms with Gasteiger partial charge in [0.1, 0.15) is 0 Å². The molecule has 1 aromatic carbocycles. The van der Waals surface area contributed by atoms with Gasteiger partial charge in [-0.25, -0.2) is 4.68 Å². The fourth-order valence-electron chi connectivity index (χ4n) is 2.34. The molecule has 3 aromatic rings. The van der Waals surface area contributed by atoms with E-state index in [1.807, 2.05) is 16.8 Å². The van der Waals surface area contributed by atoms with Crippen LogP contribution in [0.4, 0.5) is 0 Å². The number of benzene rings is 1. The van der Waals surface area contributed by atoms with Crippen molar-refractivity contribution in [2.24, 2.45) is 10.1 Å². The lowest BCUT2D eigenvalue weighted by Crippen LogP contribution is -2.12. The largest absolute Gasteiger partial charge is 0.264 e. The lowest BCUT2D eigenvalue weighted by atomic mass is 10.1. The molecule has 0 atom stereocenters. The summed E-state index contributed by atoms with van der Waals surface area (Å²) in [4.78, 5) is 9.52. The topological polar surface area (TPSA) is 42.5 Å². The van der Waals surface area contributed by atoms with E-state index < -0.39 is 0 Å². The monoisotopic (exact) mass is 348 g/mol. The van der Waals surface area contributed by atoms with Crippen molar-refractivity contribution in [1.29, 1.82) is 0 Å². The Morgan fingerprint density at radius 1 is 1.24 bits per heavy atom. The molecule has 2 heterocycles. The Morgan fingerprint density at radius 3 is 2.84 bits per heavy atom. The lowest BCUT2D eigenvalue weighted by molar-refractivity contribution is 0.840. The van der Waals surface area contributed by atoms with Crippen LogP contribution in [0.1, 0.15) is 16.7 Å². The third-order valence-electron chi connectivity index (χ3n) is 3.85. The number of aromatic nitrogens is 2. The normalized spacial score (nSPS) is 12.0. The van der Waals surface area contributed by atoms with Crippen LogP contribution in [0.15, 0.2) is 70.9 Å². The van der Waals surface area contributed by atoms with E-state index >= 15 is 0 Å². The number of rotatable bonds is 5. The summed E-state index contributed by atoms with van der Waals surface area (Å²) in [5.41, 5.74) is 5.64. The third kappa shape index (κ3) is 4.00. The highest BCUT2D eigenvalue weighted by atomic mass is 32.1. The number of nitrogens with zero attached hydrogens (tertiary/aromatic N) is 4. The summed E-state index contributed by atoms with van der Waals surface area (Å²) in [5, 5.41) is 6.74. The summed E-state index contributed by atoms with van der Waals surface area (Å²) in [6, 6.07) is 10.3. The van der Waals surface area contributed by atoms with Gasteiger partial charge < -0.3 is 0 Å². The van der Waals surface area contributed by atoms with Gasteiger partial charge in [0.2, 0.25) is 4.80 Å². The van der Waals surface area contributed by atoms with Gasteiger partial charge in [0, 0.05) is 28.9 Å². The van der Waals surface area contributed by atoms with E-state index in [9.17, 15) is 0 Å². The molecule has 25 heavy (non-hydrogen) atoms. The Morgan fingerprint density at radius 2 is 2.12 bits per heavy atom. The highest BCUT2D eigenvalue weighted by molar-refractivity contribution is 7.07. The van der Waals surface area contributed by atoms with Crippen molar-refractivity contribution in [3.8, 4) is 11.3 Å². The summed E-state index contributed by atoms with van der Waals surface area (Å²) < 4.78 is 1.88. The highest BCUT2D eigenvalue weighted by Gasteiger charge is 2.08. The van der Waals surface area contributed by atoms with Gasteiger partial charge in [-0.05, 0) is 37.1 Å². The SMILES string of the molecule is C=CCN=c1scc(-c2ccc(C)c(C)c2)n1/N=C/c1cccnc1. The van der Waals surface area contributed by atoms with Crippen molar-refractivity contribution in [3.63, 3.8) is 0 Å². The van der Waals surface area contributed by atoms with E-state index in [1.54, 1.807) is 36.0 Å². The first-order chi connectivity index (χ1) is 12.2. The number of hydrogen-bond acceptors (Lipinski definition) is 4. The van der Waals surface area contributed by atoms with Crippen LogP contribution in [0.3, 0.4) is 0 Å². The summed E-state index contributed by atoms with van der Waals surface area (Å²) in [6.45, 7) is 8.54. The fourth-order valence-corrected chi connectivity index (χ4v) is 3.19. The Kier molecular flexibility index (Phi) is 5.36. The molecular weight excluding hydrogens is 328 g/mol. The molecule has 0 radical (unpaired) electrons. The van der Waals surface area contributed by atoms with Gasteiger partial charge in [-0.3, -0.25) is 9.98 Å². The van der Waals surface area contributed by atoms with E-state index in [0.29, 0.717) is 6.54 Å². The summed E-state index contributed by atoms with van der Waals surface area (Å²) in [6.07, 6.45) is 7.12. The first-order valence-electron chi connectivity index (χ1n) is 8.03. The molecule has 0 fully saturated rings. The molecule has 0 aliphatic rings. The number of aryl methyl sites for hydroxylation is 2. The minimum absolute atomic E-state index is 0.565. The standard InChI is InChI=1S/C20H20N4S/c1-4-9-22-20-24(23-13-17-6-5-10-21-12-17)19(14-25-20)18-8-7-15(2)16(3)11-18/h4-8,10-14H,1,9H2,2-3H3/b22-20?,23-13+. The Bertz CT molecular complexity index is 965. The second-order valence-electron chi connectivity index (χ2n) is 5.67. The van der Waals surface area contributed by atoms with Gasteiger partial charge in [0.15, 0.2) is 0 Å². The third-order valence-corrected chi connectivity index (χ3v) is 4.70. The average Bonchev–Trinajstić information content (AvgIpc) is 3.04. The number of thiazole rings is 1. The fraction of sp³-hybridized carbons (Fsp3) is 0.150. The Labute approximate surface area is 151 Å². The molecule has 126 valence electrons. The maximum atomic E-state index is 4.65. The van der Waals surface area contributed by atoms with Crippen LogP contribution in [0.25, 0.3) is 11.3 Å².